The van der Waals surface area contributed by atoms with E-state index in [2.05, 4.69) is 18.2 Å². The van der Waals surface area contributed by atoms with Crippen molar-refractivity contribution in [3.63, 3.8) is 0 Å². The van der Waals surface area contributed by atoms with Crippen molar-refractivity contribution >= 4 is 16.9 Å². The highest BCUT2D eigenvalue weighted by molar-refractivity contribution is 5.87. The number of unbranched alkanes of at least 4 members (excludes halogenated alkanes) is 4. The van der Waals surface area contributed by atoms with Crippen LogP contribution >= 0.6 is 0 Å². The number of methoxy groups -OCH3 is 1. The molecule has 0 aliphatic heterocycles. The molecular formula is C26H31NO4. The SMILES string of the molecule is CCOC(=O)CCCCCCCOc1nc2cc(OC)ccc2cc1-c1ccccc1. The number of aromatic nitrogens is 1. The third-order valence-corrected chi connectivity index (χ3v) is 5.14. The first-order valence-electron chi connectivity index (χ1n) is 11.0. The number of pyridine rings is 1. The van der Waals surface area contributed by atoms with E-state index < -0.39 is 0 Å². The summed E-state index contributed by atoms with van der Waals surface area (Å²) in [5.41, 5.74) is 2.93. The molecule has 0 saturated heterocycles. The molecule has 0 N–H and O–H groups in total. The topological polar surface area (TPSA) is 57.7 Å². The fraction of sp³-hybridized carbons (Fsp3) is 0.385. The maximum atomic E-state index is 11.4. The van der Waals surface area contributed by atoms with E-state index in [4.69, 9.17) is 19.2 Å². The maximum absolute atomic E-state index is 11.4. The van der Waals surface area contributed by atoms with Crippen molar-refractivity contribution in [2.45, 2.75) is 45.4 Å². The first-order valence-corrected chi connectivity index (χ1v) is 11.0. The van der Waals surface area contributed by atoms with Crippen molar-refractivity contribution in [1.82, 2.24) is 4.98 Å². The van der Waals surface area contributed by atoms with Crippen LogP contribution in [0.25, 0.3) is 22.0 Å². The molecule has 0 aliphatic carbocycles. The zero-order valence-electron chi connectivity index (χ0n) is 18.4. The Labute approximate surface area is 184 Å². The zero-order valence-corrected chi connectivity index (χ0v) is 18.4. The summed E-state index contributed by atoms with van der Waals surface area (Å²) in [6.07, 6.45) is 5.51. The zero-order chi connectivity index (χ0) is 21.9. The Morgan fingerprint density at radius 2 is 1.71 bits per heavy atom. The standard InChI is InChI=1S/C26H31NO4/c1-3-30-25(28)14-10-5-4-6-11-17-31-26-23(20-12-8-7-9-13-20)18-21-15-16-22(29-2)19-24(21)27-26/h7-9,12-13,15-16,18-19H,3-6,10-11,14,17H2,1-2H3. The number of esters is 1. The van der Waals surface area contributed by atoms with Crippen LogP contribution in [0.5, 0.6) is 11.6 Å². The van der Waals surface area contributed by atoms with Gasteiger partial charge in [-0.3, -0.25) is 4.79 Å². The molecule has 3 rings (SSSR count). The number of rotatable bonds is 12. The number of carbonyl (C=O) groups is 1. The van der Waals surface area contributed by atoms with Gasteiger partial charge in [-0.25, -0.2) is 4.98 Å². The Hall–Kier alpha value is -3.08. The first kappa shape index (κ1) is 22.6. The molecular weight excluding hydrogens is 390 g/mol. The fourth-order valence-electron chi connectivity index (χ4n) is 3.49. The van der Waals surface area contributed by atoms with Crippen LogP contribution in [0.2, 0.25) is 0 Å². The van der Waals surface area contributed by atoms with Crippen LogP contribution in [0, 0.1) is 0 Å². The van der Waals surface area contributed by atoms with Gasteiger partial charge in [0.1, 0.15) is 5.75 Å². The van der Waals surface area contributed by atoms with Crippen LogP contribution in [0.3, 0.4) is 0 Å². The third-order valence-electron chi connectivity index (χ3n) is 5.14. The third kappa shape index (κ3) is 6.71. The van der Waals surface area contributed by atoms with Crippen LogP contribution in [-0.2, 0) is 9.53 Å². The van der Waals surface area contributed by atoms with E-state index in [1.807, 2.05) is 43.3 Å². The second-order valence-electron chi connectivity index (χ2n) is 7.44. The summed E-state index contributed by atoms with van der Waals surface area (Å²) < 4.78 is 16.4. The molecule has 0 radical (unpaired) electrons. The van der Waals surface area contributed by atoms with Crippen LogP contribution < -0.4 is 9.47 Å². The summed E-state index contributed by atoms with van der Waals surface area (Å²) in [5.74, 6) is 1.33. The van der Waals surface area contributed by atoms with E-state index in [1.165, 1.54) is 0 Å². The molecule has 5 nitrogen and oxygen atoms in total. The lowest BCUT2D eigenvalue weighted by atomic mass is 10.0. The van der Waals surface area contributed by atoms with Crippen LogP contribution in [0.4, 0.5) is 0 Å². The molecule has 0 saturated carbocycles. The average molecular weight is 422 g/mol. The van der Waals surface area contributed by atoms with Gasteiger partial charge >= 0.3 is 5.97 Å². The van der Waals surface area contributed by atoms with Crippen molar-refractivity contribution in [3.8, 4) is 22.8 Å². The number of ether oxygens (including phenoxy) is 3. The molecule has 0 atom stereocenters. The van der Waals surface area contributed by atoms with E-state index in [0.29, 0.717) is 25.5 Å². The predicted octanol–water partition coefficient (Wildman–Crippen LogP) is 6.19. The van der Waals surface area contributed by atoms with Gasteiger partial charge in [0.15, 0.2) is 0 Å². The van der Waals surface area contributed by atoms with Gasteiger partial charge in [-0.2, -0.15) is 0 Å². The number of carbonyl (C=O) groups excluding carboxylic acids is 1. The lowest BCUT2D eigenvalue weighted by Crippen LogP contribution is -2.03. The predicted molar refractivity (Wildman–Crippen MR) is 124 cm³/mol. The summed E-state index contributed by atoms with van der Waals surface area (Å²) in [5, 5.41) is 1.05. The minimum atomic E-state index is -0.0988. The van der Waals surface area contributed by atoms with Gasteiger partial charge in [-0.15, -0.1) is 0 Å². The van der Waals surface area contributed by atoms with Crippen molar-refractivity contribution in [2.24, 2.45) is 0 Å². The van der Waals surface area contributed by atoms with Crippen molar-refractivity contribution in [2.75, 3.05) is 20.3 Å². The van der Waals surface area contributed by atoms with E-state index in [9.17, 15) is 4.79 Å². The molecule has 2 aromatic carbocycles. The van der Waals surface area contributed by atoms with E-state index in [-0.39, 0.29) is 5.97 Å². The summed E-state index contributed by atoms with van der Waals surface area (Å²) in [6, 6.07) is 18.2. The Balaban J connectivity index is 1.59. The molecule has 0 amide bonds. The molecule has 31 heavy (non-hydrogen) atoms. The van der Waals surface area contributed by atoms with Gasteiger partial charge in [0.25, 0.3) is 0 Å². The van der Waals surface area contributed by atoms with Gasteiger partial charge in [0.05, 0.1) is 25.8 Å². The van der Waals surface area contributed by atoms with E-state index in [1.54, 1.807) is 7.11 Å². The smallest absolute Gasteiger partial charge is 0.305 e. The summed E-state index contributed by atoms with van der Waals surface area (Å²) in [7, 11) is 1.66. The summed E-state index contributed by atoms with van der Waals surface area (Å²) in [4.78, 5) is 16.2. The normalized spacial score (nSPS) is 10.8. The molecule has 0 fully saturated rings. The maximum Gasteiger partial charge on any atom is 0.305 e. The lowest BCUT2D eigenvalue weighted by Gasteiger charge is -2.13. The van der Waals surface area contributed by atoms with Crippen LogP contribution in [0.1, 0.15) is 45.4 Å². The summed E-state index contributed by atoms with van der Waals surface area (Å²) >= 11 is 0. The number of hydrogen-bond acceptors (Lipinski definition) is 5. The van der Waals surface area contributed by atoms with Crippen LogP contribution in [-0.4, -0.2) is 31.3 Å². The van der Waals surface area contributed by atoms with E-state index in [0.717, 1.165) is 59.9 Å². The average Bonchev–Trinajstić information content (AvgIpc) is 2.80. The Morgan fingerprint density at radius 1 is 0.935 bits per heavy atom. The van der Waals surface area contributed by atoms with Gasteiger partial charge in [0.2, 0.25) is 5.88 Å². The molecule has 0 aliphatic rings. The minimum absolute atomic E-state index is 0.0988. The molecule has 0 spiro atoms. The molecule has 0 bridgehead atoms. The Kier molecular flexibility index (Phi) is 8.71. The highest BCUT2D eigenvalue weighted by Gasteiger charge is 2.11. The lowest BCUT2D eigenvalue weighted by molar-refractivity contribution is -0.143. The number of hydrogen-bond donors (Lipinski definition) is 0. The minimum Gasteiger partial charge on any atom is -0.497 e. The second-order valence-corrected chi connectivity index (χ2v) is 7.44. The summed E-state index contributed by atoms with van der Waals surface area (Å²) in [6.45, 7) is 2.90. The molecule has 0 unspecified atom stereocenters. The fourth-order valence-corrected chi connectivity index (χ4v) is 3.49. The number of nitrogens with zero attached hydrogens (tertiary/aromatic N) is 1. The monoisotopic (exact) mass is 421 g/mol. The second kappa shape index (κ2) is 11.9. The van der Waals surface area contributed by atoms with E-state index >= 15 is 0 Å². The number of benzene rings is 2. The van der Waals surface area contributed by atoms with Gasteiger partial charge < -0.3 is 14.2 Å². The quantitative estimate of drug-likeness (QED) is 0.258. The largest absolute Gasteiger partial charge is 0.497 e. The van der Waals surface area contributed by atoms with Crippen molar-refractivity contribution in [1.29, 1.82) is 0 Å². The van der Waals surface area contributed by atoms with Gasteiger partial charge in [0, 0.05) is 23.4 Å². The number of fused-ring (bicyclic) bond motifs is 1. The molecule has 1 aromatic heterocycles. The molecule has 164 valence electrons. The Bertz CT molecular complexity index is 972. The van der Waals surface area contributed by atoms with Gasteiger partial charge in [-0.1, -0.05) is 49.6 Å². The first-order chi connectivity index (χ1) is 15.2. The highest BCUT2D eigenvalue weighted by Crippen LogP contribution is 2.33. The molecule has 1 heterocycles. The van der Waals surface area contributed by atoms with Crippen LogP contribution in [0.15, 0.2) is 54.6 Å². The van der Waals surface area contributed by atoms with Gasteiger partial charge in [-0.05, 0) is 43.5 Å². The highest BCUT2D eigenvalue weighted by atomic mass is 16.5. The Morgan fingerprint density at radius 3 is 2.48 bits per heavy atom. The van der Waals surface area contributed by atoms with Crippen molar-refractivity contribution < 1.29 is 19.0 Å². The molecule has 3 aromatic rings. The van der Waals surface area contributed by atoms with Crippen molar-refractivity contribution in [3.05, 3.63) is 54.6 Å². The molecule has 5 heteroatoms.